The number of rotatable bonds is 4. The summed E-state index contributed by atoms with van der Waals surface area (Å²) < 4.78 is 5.91. The Morgan fingerprint density at radius 3 is 2.96 bits per heavy atom. The number of aryl methyl sites for hydroxylation is 1. The number of hydrogen-bond acceptors (Lipinski definition) is 5. The van der Waals surface area contributed by atoms with E-state index in [2.05, 4.69) is 15.0 Å². The van der Waals surface area contributed by atoms with Crippen molar-refractivity contribution >= 4 is 5.91 Å². The number of pyridine rings is 1. The van der Waals surface area contributed by atoms with Crippen LogP contribution in [0.5, 0.6) is 0 Å². The molecule has 0 aromatic carbocycles. The second-order valence-corrected chi connectivity index (χ2v) is 5.69. The first-order chi connectivity index (χ1) is 11.2. The van der Waals surface area contributed by atoms with Gasteiger partial charge in [0.2, 0.25) is 0 Å². The molecule has 1 aliphatic heterocycles. The van der Waals surface area contributed by atoms with Gasteiger partial charge < -0.3 is 9.64 Å². The zero-order valence-corrected chi connectivity index (χ0v) is 13.2. The quantitative estimate of drug-likeness (QED) is 0.864. The van der Waals surface area contributed by atoms with Crippen molar-refractivity contribution < 1.29 is 9.53 Å². The Kier molecular flexibility index (Phi) is 4.92. The highest BCUT2D eigenvalue weighted by molar-refractivity contribution is 5.92. The van der Waals surface area contributed by atoms with Crippen molar-refractivity contribution in [2.75, 3.05) is 13.1 Å². The summed E-state index contributed by atoms with van der Waals surface area (Å²) in [5.41, 5.74) is 2.10. The van der Waals surface area contributed by atoms with Crippen molar-refractivity contribution in [3.05, 3.63) is 53.9 Å². The average Bonchev–Trinajstić information content (AvgIpc) is 2.61. The van der Waals surface area contributed by atoms with Gasteiger partial charge in [-0.3, -0.25) is 14.8 Å². The van der Waals surface area contributed by atoms with Gasteiger partial charge in [0.25, 0.3) is 5.91 Å². The van der Waals surface area contributed by atoms with Crippen molar-refractivity contribution in [3.8, 4) is 0 Å². The maximum absolute atomic E-state index is 12.5. The Morgan fingerprint density at radius 1 is 1.30 bits per heavy atom. The van der Waals surface area contributed by atoms with Gasteiger partial charge >= 0.3 is 0 Å². The van der Waals surface area contributed by atoms with Crippen LogP contribution in [0.15, 0.2) is 36.8 Å². The summed E-state index contributed by atoms with van der Waals surface area (Å²) in [6.45, 7) is 3.64. The highest BCUT2D eigenvalue weighted by Gasteiger charge is 2.25. The minimum atomic E-state index is -0.0800. The third kappa shape index (κ3) is 4.10. The molecule has 2 aromatic heterocycles. The van der Waals surface area contributed by atoms with Crippen molar-refractivity contribution in [3.63, 3.8) is 0 Å². The number of piperidine rings is 1. The van der Waals surface area contributed by atoms with E-state index >= 15 is 0 Å². The van der Waals surface area contributed by atoms with E-state index in [0.717, 1.165) is 30.8 Å². The molecule has 1 saturated heterocycles. The summed E-state index contributed by atoms with van der Waals surface area (Å²) >= 11 is 0. The van der Waals surface area contributed by atoms with E-state index in [1.165, 1.54) is 6.20 Å². The number of carbonyl (C=O) groups excluding carboxylic acids is 1. The molecule has 3 heterocycles. The van der Waals surface area contributed by atoms with Gasteiger partial charge in [-0.1, -0.05) is 6.07 Å². The smallest absolute Gasteiger partial charge is 0.274 e. The number of hydrogen-bond donors (Lipinski definition) is 0. The van der Waals surface area contributed by atoms with Crippen molar-refractivity contribution in [1.82, 2.24) is 19.9 Å². The lowest BCUT2D eigenvalue weighted by molar-refractivity contribution is -0.00802. The summed E-state index contributed by atoms with van der Waals surface area (Å²) in [5.74, 6) is -0.0800. The summed E-state index contributed by atoms with van der Waals surface area (Å²) in [5, 5.41) is 0. The first-order valence-corrected chi connectivity index (χ1v) is 7.82. The van der Waals surface area contributed by atoms with E-state index in [-0.39, 0.29) is 12.0 Å². The fourth-order valence-electron chi connectivity index (χ4n) is 2.61. The fraction of sp³-hybridized carbons (Fsp3) is 0.412. The van der Waals surface area contributed by atoms with E-state index < -0.39 is 0 Å². The summed E-state index contributed by atoms with van der Waals surface area (Å²) in [6.07, 6.45) is 6.83. The molecule has 0 spiro atoms. The molecule has 1 atom stereocenters. The number of amides is 1. The van der Waals surface area contributed by atoms with Crippen LogP contribution in [0.2, 0.25) is 0 Å². The molecule has 120 valence electrons. The lowest BCUT2D eigenvalue weighted by atomic mass is 10.1. The molecular formula is C17H20N4O2. The van der Waals surface area contributed by atoms with Crippen LogP contribution in [-0.4, -0.2) is 45.0 Å². The third-order valence-corrected chi connectivity index (χ3v) is 3.86. The molecule has 3 rings (SSSR count). The third-order valence-electron chi connectivity index (χ3n) is 3.86. The molecule has 1 fully saturated rings. The molecule has 2 aromatic rings. The van der Waals surface area contributed by atoms with Gasteiger partial charge in [0.15, 0.2) is 0 Å². The molecule has 6 heteroatoms. The van der Waals surface area contributed by atoms with E-state index in [9.17, 15) is 4.79 Å². The van der Waals surface area contributed by atoms with Crippen LogP contribution in [0.25, 0.3) is 0 Å². The Labute approximate surface area is 135 Å². The monoisotopic (exact) mass is 312 g/mol. The van der Waals surface area contributed by atoms with Crippen LogP contribution in [0, 0.1) is 6.92 Å². The second-order valence-electron chi connectivity index (χ2n) is 5.69. The molecule has 0 unspecified atom stereocenters. The summed E-state index contributed by atoms with van der Waals surface area (Å²) in [6, 6.07) is 5.76. The zero-order valence-electron chi connectivity index (χ0n) is 13.2. The van der Waals surface area contributed by atoms with Gasteiger partial charge in [-0.25, -0.2) is 4.98 Å². The van der Waals surface area contributed by atoms with E-state index in [1.54, 1.807) is 17.3 Å². The van der Waals surface area contributed by atoms with E-state index in [0.29, 0.717) is 18.8 Å². The van der Waals surface area contributed by atoms with Crippen molar-refractivity contribution in [1.29, 1.82) is 0 Å². The summed E-state index contributed by atoms with van der Waals surface area (Å²) in [4.78, 5) is 26.8. The average molecular weight is 312 g/mol. The lowest BCUT2D eigenvalue weighted by Crippen LogP contribution is -2.43. The van der Waals surface area contributed by atoms with E-state index in [4.69, 9.17) is 4.74 Å². The van der Waals surface area contributed by atoms with Gasteiger partial charge in [0.05, 0.1) is 30.3 Å². The molecule has 6 nitrogen and oxygen atoms in total. The molecule has 0 saturated carbocycles. The van der Waals surface area contributed by atoms with Crippen LogP contribution >= 0.6 is 0 Å². The second kappa shape index (κ2) is 7.28. The van der Waals surface area contributed by atoms with Gasteiger partial charge in [0.1, 0.15) is 5.69 Å². The van der Waals surface area contributed by atoms with Gasteiger partial charge in [-0.15, -0.1) is 0 Å². The molecule has 0 bridgehead atoms. The fourth-order valence-corrected chi connectivity index (χ4v) is 2.61. The Morgan fingerprint density at radius 2 is 2.22 bits per heavy atom. The minimum Gasteiger partial charge on any atom is -0.370 e. The predicted molar refractivity (Wildman–Crippen MR) is 84.7 cm³/mol. The maximum Gasteiger partial charge on any atom is 0.274 e. The topological polar surface area (TPSA) is 68.2 Å². The standard InChI is InChI=1S/C17H20N4O2/c1-13-9-20-16(10-19-13)17(22)21-8-4-6-15(11-21)23-12-14-5-2-3-7-18-14/h2-3,5,7,9-10,15H,4,6,8,11-12H2,1H3/t15-/m0/s1. The predicted octanol–water partition coefficient (Wildman–Crippen LogP) is 2.00. The molecule has 1 amide bonds. The first kappa shape index (κ1) is 15.6. The van der Waals surface area contributed by atoms with Crippen LogP contribution in [0.1, 0.15) is 34.7 Å². The number of aromatic nitrogens is 3. The Bertz CT molecular complexity index is 645. The number of likely N-dealkylation sites (tertiary alicyclic amines) is 1. The molecule has 23 heavy (non-hydrogen) atoms. The number of ether oxygens (including phenoxy) is 1. The van der Waals surface area contributed by atoms with Gasteiger partial charge in [0, 0.05) is 25.5 Å². The van der Waals surface area contributed by atoms with E-state index in [1.807, 2.05) is 25.1 Å². The normalized spacial score (nSPS) is 18.0. The number of nitrogens with zero attached hydrogens (tertiary/aromatic N) is 4. The lowest BCUT2D eigenvalue weighted by Gasteiger charge is -2.32. The van der Waals surface area contributed by atoms with Crippen LogP contribution in [0.3, 0.4) is 0 Å². The van der Waals surface area contributed by atoms with Crippen molar-refractivity contribution in [2.24, 2.45) is 0 Å². The SMILES string of the molecule is Cc1cnc(C(=O)N2CCC[C@H](OCc3ccccn3)C2)cn1. The molecule has 0 radical (unpaired) electrons. The highest BCUT2D eigenvalue weighted by atomic mass is 16.5. The van der Waals surface area contributed by atoms with Crippen LogP contribution in [-0.2, 0) is 11.3 Å². The Balaban J connectivity index is 1.57. The largest absolute Gasteiger partial charge is 0.370 e. The van der Waals surface area contributed by atoms with Crippen molar-refractivity contribution in [2.45, 2.75) is 32.5 Å². The first-order valence-electron chi connectivity index (χ1n) is 7.82. The van der Waals surface area contributed by atoms with Crippen LogP contribution in [0.4, 0.5) is 0 Å². The summed E-state index contributed by atoms with van der Waals surface area (Å²) in [7, 11) is 0. The zero-order chi connectivity index (χ0) is 16.1. The molecule has 1 aliphatic rings. The maximum atomic E-state index is 12.5. The Hall–Kier alpha value is -2.34. The molecular weight excluding hydrogens is 292 g/mol. The minimum absolute atomic E-state index is 0.0353. The van der Waals surface area contributed by atoms with Crippen LogP contribution < -0.4 is 0 Å². The molecule has 0 N–H and O–H groups in total. The van der Waals surface area contributed by atoms with Gasteiger partial charge in [-0.2, -0.15) is 0 Å². The number of carbonyl (C=O) groups is 1. The molecule has 0 aliphatic carbocycles. The van der Waals surface area contributed by atoms with Gasteiger partial charge in [-0.05, 0) is 31.9 Å². The highest BCUT2D eigenvalue weighted by Crippen LogP contribution is 2.16.